The van der Waals surface area contributed by atoms with Crippen molar-refractivity contribution in [1.29, 1.82) is 0 Å². The van der Waals surface area contributed by atoms with Gasteiger partial charge in [0.2, 0.25) is 0 Å². The molecule has 4 nitrogen and oxygen atoms in total. The normalized spacial score (nSPS) is 21.4. The summed E-state index contributed by atoms with van der Waals surface area (Å²) in [5.41, 5.74) is 5.21. The Labute approximate surface area is 199 Å². The Kier molecular flexibility index (Phi) is 8.33. The lowest BCUT2D eigenvalue weighted by atomic mass is 9.91. The number of hydrogen-bond acceptors (Lipinski definition) is 4. The SMILES string of the molecule is CCCc1cc(O)ccc1C1COc2ccc3cc2N(CCCC/C=C/CCN(C)CC3)C1. The molecule has 1 unspecified atom stereocenters. The van der Waals surface area contributed by atoms with E-state index in [-0.39, 0.29) is 5.92 Å². The van der Waals surface area contributed by atoms with Crippen LogP contribution < -0.4 is 9.64 Å². The number of benzene rings is 2. The highest BCUT2D eigenvalue weighted by molar-refractivity contribution is 5.61. The van der Waals surface area contributed by atoms with Crippen LogP contribution in [0.4, 0.5) is 5.69 Å². The molecule has 2 aliphatic rings. The van der Waals surface area contributed by atoms with E-state index >= 15 is 0 Å². The summed E-state index contributed by atoms with van der Waals surface area (Å²) >= 11 is 0. The van der Waals surface area contributed by atoms with E-state index in [4.69, 9.17) is 4.74 Å². The zero-order chi connectivity index (χ0) is 23.0. The Morgan fingerprint density at radius 3 is 2.76 bits per heavy atom. The lowest BCUT2D eigenvalue weighted by Crippen LogP contribution is -2.30. The maximum atomic E-state index is 10.1. The van der Waals surface area contributed by atoms with E-state index in [2.05, 4.69) is 60.2 Å². The van der Waals surface area contributed by atoms with Crippen molar-refractivity contribution < 1.29 is 9.84 Å². The number of anilines is 1. The van der Waals surface area contributed by atoms with Gasteiger partial charge in [0, 0.05) is 32.1 Å². The molecule has 0 radical (unpaired) electrons. The second kappa shape index (κ2) is 11.6. The van der Waals surface area contributed by atoms with Crippen LogP contribution in [0.5, 0.6) is 11.5 Å². The summed E-state index contributed by atoms with van der Waals surface area (Å²) in [5.74, 6) is 1.66. The largest absolute Gasteiger partial charge is 0.508 e. The molecule has 0 aliphatic carbocycles. The Morgan fingerprint density at radius 1 is 1.00 bits per heavy atom. The van der Waals surface area contributed by atoms with E-state index < -0.39 is 0 Å². The minimum absolute atomic E-state index is 0.288. The standard InChI is InChI=1S/C29H40N2O2/c1-3-10-24-20-26(32)12-13-27(24)25-21-31-17-9-7-5-4-6-8-16-30(2)18-15-23-11-14-29(33-22-25)28(31)19-23/h4,6,11-14,19-20,25,32H,3,5,7-10,15-18,21-22H2,1-2H3/b6-4+. The van der Waals surface area contributed by atoms with E-state index in [0.717, 1.165) is 64.0 Å². The summed E-state index contributed by atoms with van der Waals surface area (Å²) in [6, 6.07) is 12.7. The number of phenols is 1. The summed E-state index contributed by atoms with van der Waals surface area (Å²) in [6.07, 6.45) is 12.5. The number of hydrogen-bond donors (Lipinski definition) is 1. The fraction of sp³-hybridized carbons (Fsp3) is 0.517. The zero-order valence-electron chi connectivity index (χ0n) is 20.4. The smallest absolute Gasteiger partial charge is 0.142 e. The van der Waals surface area contributed by atoms with Crippen molar-refractivity contribution in [2.75, 3.05) is 44.7 Å². The lowest BCUT2D eigenvalue weighted by molar-refractivity contribution is 0.299. The quantitative estimate of drug-likeness (QED) is 0.590. The molecule has 178 valence electrons. The van der Waals surface area contributed by atoms with E-state index in [1.54, 1.807) is 0 Å². The average molecular weight is 449 g/mol. The van der Waals surface area contributed by atoms with Crippen molar-refractivity contribution in [3.63, 3.8) is 0 Å². The zero-order valence-corrected chi connectivity index (χ0v) is 20.4. The minimum Gasteiger partial charge on any atom is -0.508 e. The van der Waals surface area contributed by atoms with Gasteiger partial charge in [-0.1, -0.05) is 37.6 Å². The van der Waals surface area contributed by atoms with Crippen LogP contribution in [0, 0.1) is 0 Å². The second-order valence-electron chi connectivity index (χ2n) is 9.70. The first kappa shape index (κ1) is 23.7. The Hall–Kier alpha value is -2.46. The maximum absolute atomic E-state index is 10.1. The molecule has 1 N–H and O–H groups in total. The number of fused-ring (bicyclic) bond motifs is 1. The Bertz CT molecular complexity index is 939. The predicted molar refractivity (Wildman–Crippen MR) is 138 cm³/mol. The average Bonchev–Trinajstić information content (AvgIpc) is 2.99. The van der Waals surface area contributed by atoms with Gasteiger partial charge in [-0.3, -0.25) is 0 Å². The van der Waals surface area contributed by atoms with Gasteiger partial charge in [0.05, 0.1) is 12.3 Å². The molecule has 0 spiro atoms. The highest BCUT2D eigenvalue weighted by Crippen LogP contribution is 2.37. The van der Waals surface area contributed by atoms with Gasteiger partial charge < -0.3 is 19.6 Å². The number of rotatable bonds is 3. The van der Waals surface area contributed by atoms with Gasteiger partial charge in [-0.2, -0.15) is 0 Å². The van der Waals surface area contributed by atoms with Crippen molar-refractivity contribution >= 4 is 5.69 Å². The van der Waals surface area contributed by atoms with Crippen LogP contribution in [0.3, 0.4) is 0 Å². The van der Waals surface area contributed by atoms with Crippen LogP contribution in [0.25, 0.3) is 0 Å². The molecule has 2 heterocycles. The van der Waals surface area contributed by atoms with Gasteiger partial charge in [-0.05, 0) is 86.5 Å². The number of phenolic OH excluding ortho intramolecular Hbond substituents is 1. The van der Waals surface area contributed by atoms with Crippen molar-refractivity contribution in [1.82, 2.24) is 4.90 Å². The number of aryl methyl sites for hydroxylation is 1. The first-order chi connectivity index (χ1) is 16.1. The van der Waals surface area contributed by atoms with Crippen LogP contribution in [-0.4, -0.2) is 49.8 Å². The number of aromatic hydroxyl groups is 1. The summed E-state index contributed by atoms with van der Waals surface area (Å²) in [4.78, 5) is 4.99. The third-order valence-electron chi connectivity index (χ3n) is 7.01. The molecule has 0 saturated carbocycles. The van der Waals surface area contributed by atoms with Gasteiger partial charge in [-0.25, -0.2) is 0 Å². The molecule has 4 rings (SSSR count). The molecule has 2 aromatic rings. The topological polar surface area (TPSA) is 35.9 Å². The summed E-state index contributed by atoms with van der Waals surface area (Å²) in [6.45, 7) is 7.06. The van der Waals surface area contributed by atoms with Gasteiger partial charge >= 0.3 is 0 Å². The molecule has 0 amide bonds. The fourth-order valence-electron chi connectivity index (χ4n) is 5.10. The Balaban J connectivity index is 1.62. The third kappa shape index (κ3) is 6.32. The molecule has 0 aromatic heterocycles. The van der Waals surface area contributed by atoms with Crippen molar-refractivity contribution in [3.05, 3.63) is 65.2 Å². The molecule has 2 bridgehead atoms. The van der Waals surface area contributed by atoms with Crippen LogP contribution in [0.1, 0.15) is 61.6 Å². The van der Waals surface area contributed by atoms with Crippen molar-refractivity contribution in [2.45, 2.75) is 57.8 Å². The van der Waals surface area contributed by atoms with Gasteiger partial charge in [-0.15, -0.1) is 0 Å². The third-order valence-corrected chi connectivity index (χ3v) is 7.01. The highest BCUT2D eigenvalue weighted by Gasteiger charge is 2.26. The van der Waals surface area contributed by atoms with Gasteiger partial charge in [0.25, 0.3) is 0 Å². The monoisotopic (exact) mass is 448 g/mol. The van der Waals surface area contributed by atoms with Crippen molar-refractivity contribution in [2.24, 2.45) is 0 Å². The van der Waals surface area contributed by atoms with Gasteiger partial charge in [0.1, 0.15) is 11.5 Å². The molecule has 2 aromatic carbocycles. The second-order valence-corrected chi connectivity index (χ2v) is 9.70. The molecular formula is C29H40N2O2. The van der Waals surface area contributed by atoms with E-state index in [1.807, 2.05) is 12.1 Å². The summed E-state index contributed by atoms with van der Waals surface area (Å²) in [7, 11) is 2.22. The molecule has 0 fully saturated rings. The Morgan fingerprint density at radius 2 is 1.88 bits per heavy atom. The summed E-state index contributed by atoms with van der Waals surface area (Å²) < 4.78 is 6.42. The van der Waals surface area contributed by atoms with E-state index in [0.29, 0.717) is 12.4 Å². The fourth-order valence-corrected chi connectivity index (χ4v) is 5.10. The van der Waals surface area contributed by atoms with Crippen LogP contribution in [0.15, 0.2) is 48.6 Å². The molecule has 33 heavy (non-hydrogen) atoms. The van der Waals surface area contributed by atoms with Crippen molar-refractivity contribution in [3.8, 4) is 11.5 Å². The number of ether oxygens (including phenoxy) is 1. The molecule has 2 aliphatic heterocycles. The van der Waals surface area contributed by atoms with Crippen LogP contribution in [-0.2, 0) is 12.8 Å². The number of likely N-dealkylation sites (N-methyl/N-ethyl adjacent to an activating group) is 1. The molecule has 1 atom stereocenters. The lowest BCUT2D eigenvalue weighted by Gasteiger charge is -2.28. The first-order valence-electron chi connectivity index (χ1n) is 12.8. The van der Waals surface area contributed by atoms with Crippen LogP contribution in [0.2, 0.25) is 0 Å². The predicted octanol–water partition coefficient (Wildman–Crippen LogP) is 5.93. The van der Waals surface area contributed by atoms with E-state index in [1.165, 1.54) is 35.2 Å². The van der Waals surface area contributed by atoms with Crippen LogP contribution >= 0.6 is 0 Å². The molecule has 4 heteroatoms. The van der Waals surface area contributed by atoms with Gasteiger partial charge in [0.15, 0.2) is 0 Å². The first-order valence-corrected chi connectivity index (χ1v) is 12.8. The molecular weight excluding hydrogens is 408 g/mol. The number of nitrogens with zero attached hydrogens (tertiary/aromatic N) is 2. The molecule has 0 saturated heterocycles. The number of allylic oxidation sites excluding steroid dienone is 1. The van der Waals surface area contributed by atoms with E-state index in [9.17, 15) is 5.11 Å². The summed E-state index contributed by atoms with van der Waals surface area (Å²) in [5, 5.41) is 10.1. The minimum atomic E-state index is 0.288. The maximum Gasteiger partial charge on any atom is 0.142 e. The highest BCUT2D eigenvalue weighted by atomic mass is 16.5.